The summed E-state index contributed by atoms with van der Waals surface area (Å²) in [5, 5.41) is 0. The molecule has 5 nitrogen and oxygen atoms in total. The van der Waals surface area contributed by atoms with Crippen LogP contribution in [0.4, 0.5) is 0 Å². The highest BCUT2D eigenvalue weighted by atomic mass is 32.1. The molecular formula is C20H16N2O3S. The van der Waals surface area contributed by atoms with Gasteiger partial charge >= 0.3 is 0 Å². The summed E-state index contributed by atoms with van der Waals surface area (Å²) in [7, 11) is 3.30. The molecule has 0 saturated heterocycles. The van der Waals surface area contributed by atoms with Gasteiger partial charge in [0.25, 0.3) is 0 Å². The Labute approximate surface area is 154 Å². The lowest BCUT2D eigenvalue weighted by molar-refractivity contribution is 0.412. The van der Waals surface area contributed by atoms with Gasteiger partial charge in [0.05, 0.1) is 19.7 Å². The second kappa shape index (κ2) is 7.01. The fourth-order valence-electron chi connectivity index (χ4n) is 2.58. The van der Waals surface area contributed by atoms with Crippen molar-refractivity contribution in [3.05, 3.63) is 60.9 Å². The molecule has 4 aromatic rings. The number of fused-ring (bicyclic) bond motifs is 1. The molecule has 26 heavy (non-hydrogen) atoms. The zero-order valence-electron chi connectivity index (χ0n) is 14.3. The van der Waals surface area contributed by atoms with Gasteiger partial charge < -0.3 is 14.2 Å². The Hall–Kier alpha value is -3.12. The van der Waals surface area contributed by atoms with Crippen LogP contribution in [0.1, 0.15) is 0 Å². The average Bonchev–Trinajstić information content (AvgIpc) is 3.14. The minimum absolute atomic E-state index is 0.541. The van der Waals surface area contributed by atoms with Crippen LogP contribution < -0.4 is 14.2 Å². The first-order valence-electron chi connectivity index (χ1n) is 7.97. The minimum Gasteiger partial charge on any atom is -0.497 e. The van der Waals surface area contributed by atoms with E-state index in [-0.39, 0.29) is 0 Å². The molecule has 2 heterocycles. The van der Waals surface area contributed by atoms with E-state index >= 15 is 0 Å². The summed E-state index contributed by atoms with van der Waals surface area (Å²) >= 11 is 1.59. The van der Waals surface area contributed by atoms with Crippen molar-refractivity contribution in [3.63, 3.8) is 0 Å². The van der Waals surface area contributed by atoms with Crippen LogP contribution in [0.5, 0.6) is 23.1 Å². The number of thiophene rings is 1. The van der Waals surface area contributed by atoms with E-state index in [1.54, 1.807) is 25.6 Å². The van der Waals surface area contributed by atoms with Crippen molar-refractivity contribution in [2.75, 3.05) is 14.2 Å². The summed E-state index contributed by atoms with van der Waals surface area (Å²) in [6.07, 6.45) is 1.52. The van der Waals surface area contributed by atoms with Gasteiger partial charge in [-0.25, -0.2) is 9.97 Å². The molecule has 6 heteroatoms. The third kappa shape index (κ3) is 3.19. The van der Waals surface area contributed by atoms with Gasteiger partial charge in [0.15, 0.2) is 0 Å². The van der Waals surface area contributed by atoms with Gasteiger partial charge in [-0.15, -0.1) is 11.3 Å². The molecule has 130 valence electrons. The Bertz CT molecular complexity index is 1040. The third-order valence-corrected chi connectivity index (χ3v) is 5.07. The predicted molar refractivity (Wildman–Crippen MR) is 102 cm³/mol. The van der Waals surface area contributed by atoms with Crippen molar-refractivity contribution in [2.45, 2.75) is 0 Å². The van der Waals surface area contributed by atoms with Crippen LogP contribution in [-0.4, -0.2) is 24.2 Å². The molecule has 0 saturated carbocycles. The molecule has 2 aromatic heterocycles. The van der Waals surface area contributed by atoms with E-state index in [0.717, 1.165) is 32.2 Å². The Morgan fingerprint density at radius 2 is 1.58 bits per heavy atom. The van der Waals surface area contributed by atoms with Gasteiger partial charge in [0.2, 0.25) is 5.88 Å². The standard InChI is InChI=1S/C20H16N2O3S/c1-23-14-6-8-15(9-7-14)25-20-19-17(21-12-22-20)11-18(26-19)13-4-3-5-16(10-13)24-2/h3-12H,1-2H3. The highest BCUT2D eigenvalue weighted by molar-refractivity contribution is 7.22. The molecule has 0 bridgehead atoms. The van der Waals surface area contributed by atoms with Gasteiger partial charge in [-0.2, -0.15) is 0 Å². The molecule has 0 aliphatic rings. The normalized spacial score (nSPS) is 10.7. The van der Waals surface area contributed by atoms with E-state index in [1.165, 1.54) is 6.33 Å². The SMILES string of the molecule is COc1ccc(Oc2ncnc3cc(-c4cccc(OC)c4)sc23)cc1. The molecule has 0 amide bonds. The van der Waals surface area contributed by atoms with Crippen LogP contribution in [0.15, 0.2) is 60.9 Å². The number of ether oxygens (including phenoxy) is 3. The van der Waals surface area contributed by atoms with Crippen molar-refractivity contribution in [1.82, 2.24) is 9.97 Å². The summed E-state index contributed by atoms with van der Waals surface area (Å²) in [5.74, 6) is 2.84. The van der Waals surface area contributed by atoms with Crippen molar-refractivity contribution >= 4 is 21.6 Å². The molecule has 2 aromatic carbocycles. The van der Waals surface area contributed by atoms with Gasteiger partial charge in [0.1, 0.15) is 28.3 Å². The zero-order valence-corrected chi connectivity index (χ0v) is 15.1. The molecular weight excluding hydrogens is 348 g/mol. The Balaban J connectivity index is 1.70. The van der Waals surface area contributed by atoms with Gasteiger partial charge in [-0.1, -0.05) is 12.1 Å². The number of benzene rings is 2. The fraction of sp³-hybridized carbons (Fsp3) is 0.100. The fourth-order valence-corrected chi connectivity index (χ4v) is 3.61. The van der Waals surface area contributed by atoms with Gasteiger partial charge in [0, 0.05) is 4.88 Å². The maximum atomic E-state index is 5.96. The van der Waals surface area contributed by atoms with E-state index in [2.05, 4.69) is 9.97 Å². The van der Waals surface area contributed by atoms with E-state index in [1.807, 2.05) is 54.6 Å². The maximum Gasteiger partial charge on any atom is 0.240 e. The van der Waals surface area contributed by atoms with E-state index in [0.29, 0.717) is 11.6 Å². The number of rotatable bonds is 5. The molecule has 0 aliphatic carbocycles. The number of hydrogen-bond acceptors (Lipinski definition) is 6. The van der Waals surface area contributed by atoms with Crippen molar-refractivity contribution in [2.24, 2.45) is 0 Å². The van der Waals surface area contributed by atoms with Crippen LogP contribution in [0.2, 0.25) is 0 Å². The molecule has 0 fully saturated rings. The van der Waals surface area contributed by atoms with Crippen LogP contribution in [0, 0.1) is 0 Å². The molecule has 0 unspecified atom stereocenters. The summed E-state index contributed by atoms with van der Waals surface area (Å²) < 4.78 is 17.4. The molecule has 0 radical (unpaired) electrons. The van der Waals surface area contributed by atoms with Crippen LogP contribution >= 0.6 is 11.3 Å². The van der Waals surface area contributed by atoms with Crippen LogP contribution in [0.25, 0.3) is 20.7 Å². The number of aromatic nitrogens is 2. The smallest absolute Gasteiger partial charge is 0.240 e. The highest BCUT2D eigenvalue weighted by Gasteiger charge is 2.12. The summed E-state index contributed by atoms with van der Waals surface area (Å²) in [6, 6.07) is 17.4. The van der Waals surface area contributed by atoms with Crippen molar-refractivity contribution < 1.29 is 14.2 Å². The summed E-state index contributed by atoms with van der Waals surface area (Å²) in [5.41, 5.74) is 1.93. The van der Waals surface area contributed by atoms with E-state index < -0.39 is 0 Å². The topological polar surface area (TPSA) is 53.5 Å². The van der Waals surface area contributed by atoms with Crippen LogP contribution in [0.3, 0.4) is 0 Å². The number of nitrogens with zero attached hydrogens (tertiary/aromatic N) is 2. The van der Waals surface area contributed by atoms with Crippen LogP contribution in [-0.2, 0) is 0 Å². The lowest BCUT2D eigenvalue weighted by Gasteiger charge is -2.06. The molecule has 0 aliphatic heterocycles. The summed E-state index contributed by atoms with van der Waals surface area (Å²) in [4.78, 5) is 9.76. The Morgan fingerprint density at radius 1 is 0.808 bits per heavy atom. The van der Waals surface area contributed by atoms with E-state index in [4.69, 9.17) is 14.2 Å². The highest BCUT2D eigenvalue weighted by Crippen LogP contribution is 2.38. The minimum atomic E-state index is 0.541. The van der Waals surface area contributed by atoms with Gasteiger partial charge in [-0.3, -0.25) is 0 Å². The van der Waals surface area contributed by atoms with Gasteiger partial charge in [-0.05, 0) is 48.0 Å². The second-order valence-electron chi connectivity index (χ2n) is 5.51. The molecule has 4 rings (SSSR count). The summed E-state index contributed by atoms with van der Waals surface area (Å²) in [6.45, 7) is 0. The third-order valence-electron chi connectivity index (χ3n) is 3.91. The lowest BCUT2D eigenvalue weighted by atomic mass is 10.2. The quantitative estimate of drug-likeness (QED) is 0.489. The maximum absolute atomic E-state index is 5.96. The number of hydrogen-bond donors (Lipinski definition) is 0. The average molecular weight is 364 g/mol. The second-order valence-corrected chi connectivity index (χ2v) is 6.57. The van der Waals surface area contributed by atoms with Crippen molar-refractivity contribution in [1.29, 1.82) is 0 Å². The largest absolute Gasteiger partial charge is 0.497 e. The molecule has 0 spiro atoms. The van der Waals surface area contributed by atoms with E-state index in [9.17, 15) is 0 Å². The first kappa shape index (κ1) is 16.4. The number of methoxy groups -OCH3 is 2. The lowest BCUT2D eigenvalue weighted by Crippen LogP contribution is -1.89. The first-order chi connectivity index (χ1) is 12.8. The zero-order chi connectivity index (χ0) is 17.9. The predicted octanol–water partition coefficient (Wildman–Crippen LogP) is 5.17. The first-order valence-corrected chi connectivity index (χ1v) is 8.79. The van der Waals surface area contributed by atoms with Crippen molar-refractivity contribution in [3.8, 4) is 33.6 Å². The Kier molecular flexibility index (Phi) is 4.41. The monoisotopic (exact) mass is 364 g/mol. The molecule has 0 N–H and O–H groups in total. The molecule has 0 atom stereocenters. The Morgan fingerprint density at radius 3 is 2.35 bits per heavy atom.